The number of allylic oxidation sites excluding steroid dienone is 1. The summed E-state index contributed by atoms with van der Waals surface area (Å²) in [5.74, 6) is -1.72. The van der Waals surface area contributed by atoms with E-state index < -0.39 is 23.6 Å². The molecule has 3 aromatic rings. The largest absolute Gasteiger partial charge is 0.507 e. The molecular formula is C26H23N3O5. The van der Waals surface area contributed by atoms with Gasteiger partial charge >= 0.3 is 0 Å². The number of hydrogen-bond donors (Lipinski definition) is 3. The second-order valence-electron chi connectivity index (χ2n) is 7.62. The minimum atomic E-state index is -0.743. The van der Waals surface area contributed by atoms with Gasteiger partial charge in [0.25, 0.3) is 17.6 Å². The zero-order chi connectivity index (χ0) is 24.2. The summed E-state index contributed by atoms with van der Waals surface area (Å²) in [7, 11) is 1.50. The van der Waals surface area contributed by atoms with Crippen LogP contribution in [0.4, 0.5) is 5.69 Å². The number of carbonyl (C=O) groups excluding carboxylic acids is 3. The number of aromatic hydroxyl groups is 1. The highest BCUT2D eigenvalue weighted by Gasteiger charge is 2.46. The molecular weight excluding hydrogens is 434 g/mol. The summed E-state index contributed by atoms with van der Waals surface area (Å²) in [4.78, 5) is 40.3. The topological polar surface area (TPSA) is 108 Å². The predicted molar refractivity (Wildman–Crippen MR) is 126 cm³/mol. The molecule has 0 unspecified atom stereocenters. The minimum Gasteiger partial charge on any atom is -0.507 e. The lowest BCUT2D eigenvalue weighted by Crippen LogP contribution is -2.37. The van der Waals surface area contributed by atoms with Gasteiger partial charge in [0.2, 0.25) is 0 Å². The van der Waals surface area contributed by atoms with Crippen LogP contribution in [0.5, 0.6) is 11.5 Å². The first kappa shape index (κ1) is 22.6. The Morgan fingerprint density at radius 3 is 2.26 bits per heavy atom. The summed E-state index contributed by atoms with van der Waals surface area (Å²) in [6.45, 7) is 1.60. The first-order valence-corrected chi connectivity index (χ1v) is 10.5. The van der Waals surface area contributed by atoms with Crippen molar-refractivity contribution in [1.29, 1.82) is 0 Å². The van der Waals surface area contributed by atoms with E-state index in [2.05, 4.69) is 10.9 Å². The molecule has 2 amide bonds. The lowest BCUT2D eigenvalue weighted by Gasteiger charge is -2.27. The van der Waals surface area contributed by atoms with E-state index in [0.29, 0.717) is 17.1 Å². The average Bonchev–Trinajstić information content (AvgIpc) is 3.13. The number of hydrazine groups is 1. The average molecular weight is 457 g/mol. The van der Waals surface area contributed by atoms with E-state index in [4.69, 9.17) is 4.74 Å². The Labute approximate surface area is 196 Å². The van der Waals surface area contributed by atoms with Crippen LogP contribution in [-0.2, 0) is 9.59 Å². The lowest BCUT2D eigenvalue weighted by atomic mass is 9.97. The number of methoxy groups -OCH3 is 1. The normalized spacial score (nSPS) is 16.9. The predicted octanol–water partition coefficient (Wildman–Crippen LogP) is 3.27. The minimum absolute atomic E-state index is 0.0666. The number of para-hydroxylation sites is 3. The molecule has 34 heavy (non-hydrogen) atoms. The number of nitrogens with one attached hydrogen (secondary N) is 2. The Bertz CT molecular complexity index is 1290. The molecule has 1 saturated heterocycles. The van der Waals surface area contributed by atoms with Crippen molar-refractivity contribution in [3.8, 4) is 11.5 Å². The summed E-state index contributed by atoms with van der Waals surface area (Å²) < 4.78 is 5.44. The van der Waals surface area contributed by atoms with E-state index in [1.165, 1.54) is 24.1 Å². The number of rotatable bonds is 6. The molecule has 0 saturated carbocycles. The molecule has 1 fully saturated rings. The van der Waals surface area contributed by atoms with Gasteiger partial charge in [-0.15, -0.1) is 0 Å². The van der Waals surface area contributed by atoms with Crippen LogP contribution < -0.4 is 20.5 Å². The Balaban J connectivity index is 1.75. The number of anilines is 1. The molecule has 0 radical (unpaired) electrons. The molecule has 3 N–H and O–H groups in total. The van der Waals surface area contributed by atoms with Gasteiger partial charge in [-0.3, -0.25) is 24.7 Å². The standard InChI is InChI=1S/C26H23N3O5/c1-16(27-28-25(32)18-12-6-8-14-20(18)30)22-23(17-10-4-3-5-11-17)29(26(33)24(22)31)19-13-7-9-15-21(19)34-2/h3-15,23,27,30H,1-2H3,(H,28,32)/t23-/m1/s1. The summed E-state index contributed by atoms with van der Waals surface area (Å²) in [5.41, 5.74) is 6.96. The third-order valence-corrected chi connectivity index (χ3v) is 5.57. The number of ketones is 1. The van der Waals surface area contributed by atoms with Crippen LogP contribution in [-0.4, -0.2) is 29.8 Å². The molecule has 4 rings (SSSR count). The van der Waals surface area contributed by atoms with Crippen LogP contribution in [0.3, 0.4) is 0 Å². The van der Waals surface area contributed by atoms with Gasteiger partial charge < -0.3 is 15.3 Å². The number of hydrogen-bond acceptors (Lipinski definition) is 6. The highest BCUT2D eigenvalue weighted by Crippen LogP contribution is 2.43. The molecule has 1 heterocycles. The molecule has 8 nitrogen and oxygen atoms in total. The summed E-state index contributed by atoms with van der Waals surface area (Å²) in [6.07, 6.45) is 0. The summed E-state index contributed by atoms with van der Waals surface area (Å²) in [6, 6.07) is 21.5. The van der Waals surface area contributed by atoms with E-state index in [1.807, 2.05) is 30.3 Å². The van der Waals surface area contributed by atoms with Crippen LogP contribution >= 0.6 is 0 Å². The van der Waals surface area contributed by atoms with E-state index in [1.54, 1.807) is 43.3 Å². The van der Waals surface area contributed by atoms with Crippen molar-refractivity contribution >= 4 is 23.3 Å². The molecule has 8 heteroatoms. The van der Waals surface area contributed by atoms with E-state index in [9.17, 15) is 19.5 Å². The van der Waals surface area contributed by atoms with E-state index in [-0.39, 0.29) is 16.9 Å². The second-order valence-corrected chi connectivity index (χ2v) is 7.62. The zero-order valence-electron chi connectivity index (χ0n) is 18.6. The third kappa shape index (κ3) is 4.09. The van der Waals surface area contributed by atoms with E-state index >= 15 is 0 Å². The highest BCUT2D eigenvalue weighted by atomic mass is 16.5. The van der Waals surface area contributed by atoms with Gasteiger partial charge in [-0.1, -0.05) is 54.6 Å². The van der Waals surface area contributed by atoms with Crippen molar-refractivity contribution < 1.29 is 24.2 Å². The maximum atomic E-state index is 13.2. The number of Topliss-reactive ketones (excluding diaryl/α,β-unsaturated/α-hetero) is 1. The fourth-order valence-electron chi connectivity index (χ4n) is 3.95. The van der Waals surface area contributed by atoms with Gasteiger partial charge in [0.05, 0.1) is 30.0 Å². The lowest BCUT2D eigenvalue weighted by molar-refractivity contribution is -0.132. The number of benzene rings is 3. The number of carbonyl (C=O) groups is 3. The quantitative estimate of drug-likeness (QED) is 0.298. The van der Waals surface area contributed by atoms with Crippen LogP contribution in [0.2, 0.25) is 0 Å². The van der Waals surface area contributed by atoms with Crippen LogP contribution in [0, 0.1) is 0 Å². The Morgan fingerprint density at radius 2 is 1.56 bits per heavy atom. The number of amides is 2. The Morgan fingerprint density at radius 1 is 0.912 bits per heavy atom. The van der Waals surface area contributed by atoms with Gasteiger partial charge in [0.1, 0.15) is 11.5 Å². The summed E-state index contributed by atoms with van der Waals surface area (Å²) in [5, 5.41) is 9.92. The molecule has 1 atom stereocenters. The van der Waals surface area contributed by atoms with Crippen molar-refractivity contribution in [1.82, 2.24) is 10.9 Å². The van der Waals surface area contributed by atoms with Crippen molar-refractivity contribution in [3.05, 3.63) is 101 Å². The Hall–Kier alpha value is -4.59. The molecule has 3 aromatic carbocycles. The number of phenolic OH excluding ortho intramolecular Hbond substituents is 1. The van der Waals surface area contributed by atoms with Crippen molar-refractivity contribution in [2.24, 2.45) is 0 Å². The van der Waals surface area contributed by atoms with Gasteiger partial charge in [-0.2, -0.15) is 0 Å². The molecule has 1 aliphatic rings. The highest BCUT2D eigenvalue weighted by molar-refractivity contribution is 6.51. The van der Waals surface area contributed by atoms with Crippen LogP contribution in [0.1, 0.15) is 28.9 Å². The fraction of sp³-hybridized carbons (Fsp3) is 0.115. The SMILES string of the molecule is COc1ccccc1N1C(=O)C(=O)C(=C(C)NNC(=O)c2ccccc2O)[C@H]1c1ccccc1. The van der Waals surface area contributed by atoms with Crippen LogP contribution in [0.25, 0.3) is 0 Å². The second kappa shape index (κ2) is 9.50. The van der Waals surface area contributed by atoms with Gasteiger partial charge in [-0.25, -0.2) is 0 Å². The van der Waals surface area contributed by atoms with Gasteiger partial charge in [0, 0.05) is 5.70 Å². The van der Waals surface area contributed by atoms with Crippen molar-refractivity contribution in [2.75, 3.05) is 12.0 Å². The third-order valence-electron chi connectivity index (χ3n) is 5.57. The molecule has 1 aliphatic heterocycles. The smallest absolute Gasteiger partial charge is 0.300 e. The molecule has 0 aliphatic carbocycles. The first-order chi connectivity index (χ1) is 16.4. The fourth-order valence-corrected chi connectivity index (χ4v) is 3.95. The maximum absolute atomic E-state index is 13.2. The first-order valence-electron chi connectivity index (χ1n) is 10.5. The van der Waals surface area contributed by atoms with Crippen molar-refractivity contribution in [2.45, 2.75) is 13.0 Å². The van der Waals surface area contributed by atoms with Gasteiger partial charge in [-0.05, 0) is 36.8 Å². The number of ether oxygens (including phenoxy) is 1. The molecule has 172 valence electrons. The molecule has 0 spiro atoms. The number of phenols is 1. The summed E-state index contributed by atoms with van der Waals surface area (Å²) >= 11 is 0. The van der Waals surface area contributed by atoms with Crippen molar-refractivity contribution in [3.63, 3.8) is 0 Å². The Kier molecular flexibility index (Phi) is 6.31. The number of nitrogens with zero attached hydrogens (tertiary/aromatic N) is 1. The van der Waals surface area contributed by atoms with E-state index in [0.717, 1.165) is 5.56 Å². The van der Waals surface area contributed by atoms with Crippen LogP contribution in [0.15, 0.2) is 90.1 Å². The molecule has 0 aromatic heterocycles. The maximum Gasteiger partial charge on any atom is 0.300 e. The zero-order valence-corrected chi connectivity index (χ0v) is 18.6. The van der Waals surface area contributed by atoms with Gasteiger partial charge in [0.15, 0.2) is 0 Å². The monoisotopic (exact) mass is 457 g/mol. The molecule has 0 bridgehead atoms.